The number of pyridine rings is 2. The van der Waals surface area contributed by atoms with Crippen LogP contribution in [0.4, 0.5) is 11.5 Å². The molecule has 0 spiro atoms. The van der Waals surface area contributed by atoms with Crippen LogP contribution in [0.2, 0.25) is 10.2 Å². The lowest BCUT2D eigenvalue weighted by atomic mass is 9.90. The number of nitrogens with zero attached hydrogens (tertiary/aromatic N) is 2. The second-order valence-electron chi connectivity index (χ2n) is 9.97. The lowest BCUT2D eigenvalue weighted by molar-refractivity contribution is 0.0699. The fourth-order valence-electron chi connectivity index (χ4n) is 5.28. The molecular formula is C26H35Cl2N5O2. The van der Waals surface area contributed by atoms with Crippen molar-refractivity contribution in [2.45, 2.75) is 63.1 Å². The Labute approximate surface area is 217 Å². The van der Waals surface area contributed by atoms with Gasteiger partial charge in [0.15, 0.2) is 0 Å². The molecule has 1 aliphatic carbocycles. The Morgan fingerprint density at radius 2 is 1.57 bits per heavy atom. The van der Waals surface area contributed by atoms with Crippen molar-refractivity contribution >= 4 is 34.7 Å². The lowest BCUT2D eigenvalue weighted by Crippen LogP contribution is -2.42. The van der Waals surface area contributed by atoms with Crippen LogP contribution in [0.5, 0.6) is 0 Å². The average Bonchev–Trinajstić information content (AvgIpc) is 3.40. The van der Waals surface area contributed by atoms with Crippen molar-refractivity contribution < 1.29 is 9.47 Å². The molecule has 2 aliphatic heterocycles. The standard InChI is InChI=1S/C26H35Cl2N5O2/c27-24-15-30-25(33-19-3-1-18(2-4-19)32-20-7-10-35-16-20)12-22(24)23-11-21(14-31-26(23)28)29-13-17-5-8-34-9-6-17/h11-12,14-15,17-20,29,32H,1-10,13,16H2,(H,30,33). The molecule has 7 nitrogen and oxygen atoms in total. The number of rotatable bonds is 8. The van der Waals surface area contributed by atoms with E-state index in [1.807, 2.05) is 12.1 Å². The molecule has 2 saturated heterocycles. The van der Waals surface area contributed by atoms with Crippen molar-refractivity contribution in [2.75, 3.05) is 43.6 Å². The molecule has 2 aromatic rings. The highest BCUT2D eigenvalue weighted by Gasteiger charge is 2.25. The van der Waals surface area contributed by atoms with E-state index in [0.29, 0.717) is 34.2 Å². The van der Waals surface area contributed by atoms with Gasteiger partial charge in [0, 0.05) is 61.8 Å². The minimum atomic E-state index is 0.399. The van der Waals surface area contributed by atoms with Gasteiger partial charge in [-0.1, -0.05) is 23.2 Å². The highest BCUT2D eigenvalue weighted by molar-refractivity contribution is 6.36. The van der Waals surface area contributed by atoms with Gasteiger partial charge in [-0.3, -0.25) is 0 Å². The Kier molecular flexibility index (Phi) is 8.63. The van der Waals surface area contributed by atoms with E-state index in [-0.39, 0.29) is 0 Å². The molecule has 0 aromatic carbocycles. The maximum Gasteiger partial charge on any atom is 0.137 e. The van der Waals surface area contributed by atoms with Crippen LogP contribution in [0.1, 0.15) is 44.9 Å². The Morgan fingerprint density at radius 1 is 0.800 bits per heavy atom. The number of aromatic nitrogens is 2. The molecule has 1 atom stereocenters. The van der Waals surface area contributed by atoms with Gasteiger partial charge in [0.2, 0.25) is 0 Å². The normalized spacial score (nSPS) is 25.5. The van der Waals surface area contributed by atoms with Crippen LogP contribution in [-0.4, -0.2) is 61.1 Å². The summed E-state index contributed by atoms with van der Waals surface area (Å²) in [5.74, 6) is 1.43. The van der Waals surface area contributed by atoms with Gasteiger partial charge in [0.1, 0.15) is 11.0 Å². The second kappa shape index (κ2) is 12.1. The lowest BCUT2D eigenvalue weighted by Gasteiger charge is -2.31. The smallest absolute Gasteiger partial charge is 0.137 e. The van der Waals surface area contributed by atoms with Crippen LogP contribution >= 0.6 is 23.2 Å². The Morgan fingerprint density at radius 3 is 2.34 bits per heavy atom. The summed E-state index contributed by atoms with van der Waals surface area (Å²) in [6.07, 6.45) is 11.3. The number of ether oxygens (including phenoxy) is 2. The van der Waals surface area contributed by atoms with Crippen molar-refractivity contribution in [2.24, 2.45) is 5.92 Å². The monoisotopic (exact) mass is 519 g/mol. The first kappa shape index (κ1) is 25.0. The molecule has 3 N–H and O–H groups in total. The molecule has 3 aliphatic rings. The third-order valence-electron chi connectivity index (χ3n) is 7.40. The number of halogens is 2. The van der Waals surface area contributed by atoms with E-state index in [0.717, 1.165) is 101 Å². The van der Waals surface area contributed by atoms with Crippen molar-refractivity contribution in [3.05, 3.63) is 34.7 Å². The molecule has 35 heavy (non-hydrogen) atoms. The summed E-state index contributed by atoms with van der Waals surface area (Å²) in [4.78, 5) is 8.96. The zero-order valence-electron chi connectivity index (χ0n) is 20.1. The van der Waals surface area contributed by atoms with Crippen LogP contribution in [-0.2, 0) is 9.47 Å². The van der Waals surface area contributed by atoms with Crippen LogP contribution in [0.25, 0.3) is 11.1 Å². The zero-order chi connectivity index (χ0) is 24.0. The molecule has 3 fully saturated rings. The van der Waals surface area contributed by atoms with E-state index in [4.69, 9.17) is 32.7 Å². The molecule has 0 bridgehead atoms. The Balaban J connectivity index is 1.21. The van der Waals surface area contributed by atoms with E-state index in [2.05, 4.69) is 25.9 Å². The number of nitrogens with one attached hydrogen (secondary N) is 3. The van der Waals surface area contributed by atoms with Gasteiger partial charge in [-0.15, -0.1) is 0 Å². The van der Waals surface area contributed by atoms with E-state index >= 15 is 0 Å². The minimum absolute atomic E-state index is 0.399. The first-order valence-corrected chi connectivity index (χ1v) is 13.6. The average molecular weight is 521 g/mol. The molecule has 2 aromatic heterocycles. The van der Waals surface area contributed by atoms with Crippen LogP contribution in [0.15, 0.2) is 24.5 Å². The predicted molar refractivity (Wildman–Crippen MR) is 142 cm³/mol. The summed E-state index contributed by atoms with van der Waals surface area (Å²) >= 11 is 13.1. The first-order chi connectivity index (χ1) is 17.1. The number of hydrogen-bond acceptors (Lipinski definition) is 7. The van der Waals surface area contributed by atoms with Gasteiger partial charge in [0.25, 0.3) is 0 Å². The van der Waals surface area contributed by atoms with E-state index in [1.165, 1.54) is 0 Å². The van der Waals surface area contributed by atoms with Crippen molar-refractivity contribution in [1.29, 1.82) is 0 Å². The van der Waals surface area contributed by atoms with E-state index in [9.17, 15) is 0 Å². The summed E-state index contributed by atoms with van der Waals surface area (Å²) in [6, 6.07) is 5.52. The van der Waals surface area contributed by atoms with E-state index in [1.54, 1.807) is 12.4 Å². The summed E-state index contributed by atoms with van der Waals surface area (Å²) in [5.41, 5.74) is 2.59. The highest BCUT2D eigenvalue weighted by Crippen LogP contribution is 2.35. The molecular weight excluding hydrogens is 485 g/mol. The first-order valence-electron chi connectivity index (χ1n) is 12.9. The third kappa shape index (κ3) is 6.77. The quantitative estimate of drug-likeness (QED) is 0.403. The fraction of sp³-hybridized carbons (Fsp3) is 0.615. The van der Waals surface area contributed by atoms with Crippen molar-refractivity contribution in [3.8, 4) is 11.1 Å². The summed E-state index contributed by atoms with van der Waals surface area (Å²) in [5, 5.41) is 11.9. The van der Waals surface area contributed by atoms with Gasteiger partial charge in [-0.25, -0.2) is 9.97 Å². The maximum absolute atomic E-state index is 6.57. The Bertz CT molecular complexity index is 974. The molecule has 1 unspecified atom stereocenters. The zero-order valence-corrected chi connectivity index (χ0v) is 21.6. The molecule has 9 heteroatoms. The number of hydrogen-bond donors (Lipinski definition) is 3. The molecule has 0 amide bonds. The van der Waals surface area contributed by atoms with Gasteiger partial charge in [-0.05, 0) is 63.0 Å². The van der Waals surface area contributed by atoms with Gasteiger partial charge >= 0.3 is 0 Å². The molecule has 4 heterocycles. The predicted octanol–water partition coefficient (Wildman–Crippen LogP) is 5.39. The molecule has 190 valence electrons. The fourth-order valence-corrected chi connectivity index (χ4v) is 5.69. The largest absolute Gasteiger partial charge is 0.384 e. The third-order valence-corrected chi connectivity index (χ3v) is 8.00. The van der Waals surface area contributed by atoms with Gasteiger partial charge in [-0.2, -0.15) is 0 Å². The second-order valence-corrected chi connectivity index (χ2v) is 10.7. The topological polar surface area (TPSA) is 80.3 Å². The minimum Gasteiger partial charge on any atom is -0.384 e. The molecule has 0 radical (unpaired) electrons. The SMILES string of the molecule is Clc1cnc(NC2CCC(NC3CCOC3)CC2)cc1-c1cc(NCC2CCOCC2)cnc1Cl. The van der Waals surface area contributed by atoms with Crippen LogP contribution in [0, 0.1) is 5.92 Å². The van der Waals surface area contributed by atoms with E-state index < -0.39 is 0 Å². The van der Waals surface area contributed by atoms with Crippen molar-refractivity contribution in [3.63, 3.8) is 0 Å². The van der Waals surface area contributed by atoms with Crippen LogP contribution in [0.3, 0.4) is 0 Å². The van der Waals surface area contributed by atoms with Crippen LogP contribution < -0.4 is 16.0 Å². The number of anilines is 2. The van der Waals surface area contributed by atoms with Crippen molar-refractivity contribution in [1.82, 2.24) is 15.3 Å². The summed E-state index contributed by atoms with van der Waals surface area (Å²) < 4.78 is 11.0. The molecule has 1 saturated carbocycles. The van der Waals surface area contributed by atoms with Gasteiger partial charge < -0.3 is 25.4 Å². The highest BCUT2D eigenvalue weighted by atomic mass is 35.5. The van der Waals surface area contributed by atoms with Gasteiger partial charge in [0.05, 0.1) is 23.5 Å². The summed E-state index contributed by atoms with van der Waals surface area (Å²) in [6.45, 7) is 4.31. The maximum atomic E-state index is 6.57. The summed E-state index contributed by atoms with van der Waals surface area (Å²) in [7, 11) is 0. The molecule has 5 rings (SSSR count). The Hall–Kier alpha value is -1.64.